The summed E-state index contributed by atoms with van der Waals surface area (Å²) in [4.78, 5) is 4.34. The Morgan fingerprint density at radius 1 is 0.879 bits per heavy atom. The second kappa shape index (κ2) is 9.08. The lowest BCUT2D eigenvalue weighted by molar-refractivity contribution is 0.324. The molecule has 0 radical (unpaired) electrons. The van der Waals surface area contributed by atoms with Crippen molar-refractivity contribution in [3.05, 3.63) is 52.9 Å². The molecule has 2 N–H and O–H groups in total. The van der Waals surface area contributed by atoms with Crippen molar-refractivity contribution in [1.29, 1.82) is 0 Å². The number of fused-ring (bicyclic) bond motifs is 2. The van der Waals surface area contributed by atoms with Gasteiger partial charge in [0, 0.05) is 29.8 Å². The molecule has 0 amide bonds. The number of nitrogens with one attached hydrogen (secondary N) is 2. The van der Waals surface area contributed by atoms with Crippen molar-refractivity contribution < 1.29 is 14.2 Å². The van der Waals surface area contributed by atoms with Gasteiger partial charge in [0.1, 0.15) is 0 Å². The Kier molecular flexibility index (Phi) is 5.84. The van der Waals surface area contributed by atoms with Gasteiger partial charge in [0.05, 0.1) is 41.8 Å². The van der Waals surface area contributed by atoms with Crippen LogP contribution in [0.3, 0.4) is 0 Å². The average Bonchev–Trinajstić information content (AvgIpc) is 3.52. The van der Waals surface area contributed by atoms with Crippen molar-refractivity contribution >= 4 is 60.3 Å². The van der Waals surface area contributed by atoms with E-state index in [1.165, 1.54) is 4.70 Å². The molecule has 5 rings (SSSR count). The third-order valence-corrected chi connectivity index (χ3v) is 6.88. The van der Waals surface area contributed by atoms with Crippen LogP contribution in [0.4, 0.5) is 17.3 Å². The van der Waals surface area contributed by atoms with Crippen molar-refractivity contribution in [3.8, 4) is 17.2 Å². The van der Waals surface area contributed by atoms with Crippen LogP contribution in [0.5, 0.6) is 17.2 Å². The zero-order chi connectivity index (χ0) is 22.8. The van der Waals surface area contributed by atoms with E-state index in [0.717, 1.165) is 32.7 Å². The molecule has 0 saturated carbocycles. The van der Waals surface area contributed by atoms with Crippen LogP contribution in [-0.4, -0.2) is 36.5 Å². The Morgan fingerprint density at radius 3 is 2.42 bits per heavy atom. The van der Waals surface area contributed by atoms with Crippen molar-refractivity contribution in [2.75, 3.05) is 32.0 Å². The molecule has 0 fully saturated rings. The molecule has 0 saturated heterocycles. The van der Waals surface area contributed by atoms with Gasteiger partial charge in [-0.1, -0.05) is 6.07 Å². The molecule has 0 unspecified atom stereocenters. The first-order chi connectivity index (χ1) is 16.2. The summed E-state index contributed by atoms with van der Waals surface area (Å²) in [6.45, 7) is 0.648. The molecule has 0 atom stereocenters. The van der Waals surface area contributed by atoms with Gasteiger partial charge in [0.15, 0.2) is 23.1 Å². The standard InChI is InChI=1S/C23H21N5O3S2/c1-29-17-9-14(10-18(30-2)20(17)31-3)26-22-15-6-7-32-21(15)23(28-27-22)24-11-13-4-5-16-19(8-13)33-12-25-16/h4-10,12H,11H2,1-3H3,(H,24,28)(H,26,27). The third kappa shape index (κ3) is 4.10. The van der Waals surface area contributed by atoms with E-state index in [1.54, 1.807) is 44.0 Å². The maximum absolute atomic E-state index is 5.45. The Labute approximate surface area is 198 Å². The zero-order valence-electron chi connectivity index (χ0n) is 18.2. The number of thiazole rings is 1. The van der Waals surface area contributed by atoms with Gasteiger partial charge < -0.3 is 24.8 Å². The summed E-state index contributed by atoms with van der Waals surface area (Å²) in [5, 5.41) is 18.7. The van der Waals surface area contributed by atoms with E-state index in [-0.39, 0.29) is 0 Å². The lowest BCUT2D eigenvalue weighted by Gasteiger charge is -2.15. The number of hydrogen-bond acceptors (Lipinski definition) is 10. The van der Waals surface area contributed by atoms with Crippen LogP contribution in [-0.2, 0) is 6.54 Å². The summed E-state index contributed by atoms with van der Waals surface area (Å²) in [6, 6.07) is 12.0. The summed E-state index contributed by atoms with van der Waals surface area (Å²) in [5.74, 6) is 3.06. The monoisotopic (exact) mass is 479 g/mol. The minimum absolute atomic E-state index is 0.536. The first kappa shape index (κ1) is 21.2. The highest BCUT2D eigenvalue weighted by molar-refractivity contribution is 7.18. The van der Waals surface area contributed by atoms with E-state index in [2.05, 4.69) is 37.9 Å². The molecular weight excluding hydrogens is 458 g/mol. The van der Waals surface area contributed by atoms with Gasteiger partial charge in [-0.15, -0.1) is 32.9 Å². The molecule has 5 aromatic rings. The predicted octanol–water partition coefficient (Wildman–Crippen LogP) is 5.68. The Morgan fingerprint density at radius 2 is 1.67 bits per heavy atom. The Bertz CT molecular complexity index is 1410. The summed E-state index contributed by atoms with van der Waals surface area (Å²) >= 11 is 3.26. The first-order valence-corrected chi connectivity index (χ1v) is 11.8. The number of methoxy groups -OCH3 is 3. The topological polar surface area (TPSA) is 90.4 Å². The van der Waals surface area contributed by atoms with Crippen LogP contribution in [0, 0.1) is 0 Å². The van der Waals surface area contributed by atoms with E-state index >= 15 is 0 Å². The second-order valence-electron chi connectivity index (χ2n) is 7.11. The van der Waals surface area contributed by atoms with Crippen molar-refractivity contribution in [1.82, 2.24) is 15.2 Å². The van der Waals surface area contributed by atoms with Crippen molar-refractivity contribution in [2.45, 2.75) is 6.54 Å². The fourth-order valence-corrected chi connectivity index (χ4v) is 5.17. The molecule has 0 bridgehead atoms. The number of rotatable bonds is 8. The van der Waals surface area contributed by atoms with Crippen LogP contribution in [0.1, 0.15) is 5.56 Å². The maximum Gasteiger partial charge on any atom is 0.203 e. The van der Waals surface area contributed by atoms with Crippen LogP contribution in [0.15, 0.2) is 47.3 Å². The third-order valence-electron chi connectivity index (χ3n) is 5.17. The normalized spacial score (nSPS) is 11.0. The summed E-state index contributed by atoms with van der Waals surface area (Å²) < 4.78 is 18.5. The molecular formula is C23H21N5O3S2. The van der Waals surface area contributed by atoms with E-state index in [0.29, 0.717) is 29.6 Å². The number of thiophene rings is 1. The maximum atomic E-state index is 5.45. The SMILES string of the molecule is COc1cc(Nc2nnc(NCc3ccc4ncsc4c3)c3sccc23)cc(OC)c1OC. The molecule has 0 aliphatic heterocycles. The lowest BCUT2D eigenvalue weighted by atomic mass is 10.2. The van der Waals surface area contributed by atoms with Gasteiger partial charge in [-0.3, -0.25) is 0 Å². The molecule has 2 aromatic carbocycles. The van der Waals surface area contributed by atoms with Gasteiger partial charge in [-0.2, -0.15) is 0 Å². The highest BCUT2D eigenvalue weighted by Crippen LogP contribution is 2.41. The van der Waals surface area contributed by atoms with E-state index < -0.39 is 0 Å². The molecule has 8 nitrogen and oxygen atoms in total. The smallest absolute Gasteiger partial charge is 0.203 e. The van der Waals surface area contributed by atoms with Crippen LogP contribution in [0.25, 0.3) is 20.3 Å². The predicted molar refractivity (Wildman–Crippen MR) is 134 cm³/mol. The quantitative estimate of drug-likeness (QED) is 0.294. The number of anilines is 3. The fraction of sp³-hybridized carbons (Fsp3) is 0.174. The van der Waals surface area contributed by atoms with Crippen molar-refractivity contribution in [2.24, 2.45) is 0 Å². The van der Waals surface area contributed by atoms with E-state index in [4.69, 9.17) is 14.2 Å². The van der Waals surface area contributed by atoms with Crippen LogP contribution in [0.2, 0.25) is 0 Å². The van der Waals surface area contributed by atoms with Gasteiger partial charge in [-0.25, -0.2) is 4.98 Å². The number of ether oxygens (including phenoxy) is 3. The molecule has 0 spiro atoms. The summed E-state index contributed by atoms with van der Waals surface area (Å²) in [5.41, 5.74) is 4.80. The van der Waals surface area contributed by atoms with E-state index in [1.807, 2.05) is 35.2 Å². The molecule has 10 heteroatoms. The number of aromatic nitrogens is 3. The molecule has 0 aliphatic rings. The van der Waals surface area contributed by atoms with Crippen LogP contribution >= 0.6 is 22.7 Å². The molecule has 33 heavy (non-hydrogen) atoms. The Hall–Kier alpha value is -3.63. The van der Waals surface area contributed by atoms with Gasteiger partial charge in [0.25, 0.3) is 0 Å². The van der Waals surface area contributed by atoms with E-state index in [9.17, 15) is 0 Å². The number of nitrogens with zero attached hydrogens (tertiary/aromatic N) is 3. The summed E-state index contributed by atoms with van der Waals surface area (Å²) in [7, 11) is 4.76. The highest BCUT2D eigenvalue weighted by Gasteiger charge is 2.16. The summed E-state index contributed by atoms with van der Waals surface area (Å²) in [6.07, 6.45) is 0. The molecule has 3 heterocycles. The van der Waals surface area contributed by atoms with Crippen LogP contribution < -0.4 is 24.8 Å². The fourth-order valence-electron chi connectivity index (χ4n) is 3.57. The van der Waals surface area contributed by atoms with Gasteiger partial charge in [0.2, 0.25) is 5.75 Å². The largest absolute Gasteiger partial charge is 0.493 e. The van der Waals surface area contributed by atoms with Gasteiger partial charge in [-0.05, 0) is 29.1 Å². The minimum Gasteiger partial charge on any atom is -0.493 e. The number of hydrogen-bond donors (Lipinski definition) is 2. The van der Waals surface area contributed by atoms with Gasteiger partial charge >= 0.3 is 0 Å². The Balaban J connectivity index is 1.41. The first-order valence-electron chi connectivity index (χ1n) is 10.1. The molecule has 3 aromatic heterocycles. The second-order valence-corrected chi connectivity index (χ2v) is 8.91. The van der Waals surface area contributed by atoms with Crippen molar-refractivity contribution in [3.63, 3.8) is 0 Å². The highest BCUT2D eigenvalue weighted by atomic mass is 32.1. The molecule has 168 valence electrons. The number of benzene rings is 2. The lowest BCUT2D eigenvalue weighted by Crippen LogP contribution is -2.04. The minimum atomic E-state index is 0.536. The molecule has 0 aliphatic carbocycles. The zero-order valence-corrected chi connectivity index (χ0v) is 19.8. The average molecular weight is 480 g/mol.